The summed E-state index contributed by atoms with van der Waals surface area (Å²) in [6.07, 6.45) is 3.85. The molecule has 0 aromatic carbocycles. The van der Waals surface area contributed by atoms with Crippen molar-refractivity contribution in [2.45, 2.75) is 40.0 Å². The predicted octanol–water partition coefficient (Wildman–Crippen LogP) is 2.37. The topological polar surface area (TPSA) is 24.5 Å². The SMILES string of the molecule is CCC(C)CN(CC)CCCCNCCOC. The van der Waals surface area contributed by atoms with E-state index in [2.05, 4.69) is 31.0 Å². The molecule has 17 heavy (non-hydrogen) atoms. The molecule has 0 spiro atoms. The number of nitrogens with zero attached hydrogens (tertiary/aromatic N) is 1. The van der Waals surface area contributed by atoms with Gasteiger partial charge in [0.2, 0.25) is 0 Å². The van der Waals surface area contributed by atoms with E-state index < -0.39 is 0 Å². The number of methoxy groups -OCH3 is 1. The number of hydrogen-bond acceptors (Lipinski definition) is 3. The molecule has 0 rings (SSSR count). The molecule has 0 saturated carbocycles. The molecular weight excluding hydrogens is 212 g/mol. The average molecular weight is 244 g/mol. The second kappa shape index (κ2) is 12.3. The summed E-state index contributed by atoms with van der Waals surface area (Å²) in [6.45, 7) is 13.5. The Kier molecular flexibility index (Phi) is 12.3. The van der Waals surface area contributed by atoms with Gasteiger partial charge >= 0.3 is 0 Å². The molecule has 0 heterocycles. The third-order valence-corrected chi connectivity index (χ3v) is 3.27. The van der Waals surface area contributed by atoms with Crippen LogP contribution in [0.15, 0.2) is 0 Å². The lowest BCUT2D eigenvalue weighted by Gasteiger charge is -2.23. The molecule has 1 N–H and O–H groups in total. The Morgan fingerprint density at radius 2 is 1.94 bits per heavy atom. The van der Waals surface area contributed by atoms with Crippen LogP contribution in [0.5, 0.6) is 0 Å². The monoisotopic (exact) mass is 244 g/mol. The Balaban J connectivity index is 3.37. The first-order valence-electron chi connectivity index (χ1n) is 7.16. The number of hydrogen-bond donors (Lipinski definition) is 1. The van der Waals surface area contributed by atoms with E-state index in [-0.39, 0.29) is 0 Å². The van der Waals surface area contributed by atoms with E-state index in [9.17, 15) is 0 Å². The quantitative estimate of drug-likeness (QED) is 0.533. The van der Waals surface area contributed by atoms with Crippen molar-refractivity contribution in [3.8, 4) is 0 Å². The van der Waals surface area contributed by atoms with E-state index in [1.54, 1.807) is 7.11 Å². The van der Waals surface area contributed by atoms with Crippen molar-refractivity contribution >= 4 is 0 Å². The highest BCUT2D eigenvalue weighted by molar-refractivity contribution is 4.61. The molecule has 0 bridgehead atoms. The molecule has 0 aliphatic rings. The second-order valence-electron chi connectivity index (χ2n) is 4.86. The molecule has 0 aromatic rings. The normalized spacial score (nSPS) is 13.2. The first kappa shape index (κ1) is 16.9. The predicted molar refractivity (Wildman–Crippen MR) is 75.5 cm³/mol. The first-order valence-corrected chi connectivity index (χ1v) is 7.16. The Morgan fingerprint density at radius 1 is 1.18 bits per heavy atom. The summed E-state index contributed by atoms with van der Waals surface area (Å²) in [4.78, 5) is 2.57. The number of unbranched alkanes of at least 4 members (excludes halogenated alkanes) is 1. The standard InChI is InChI=1S/C14H32N2O/c1-5-14(3)13-16(6-2)11-8-7-9-15-10-12-17-4/h14-15H,5-13H2,1-4H3. The van der Waals surface area contributed by atoms with Gasteiger partial charge in [0.25, 0.3) is 0 Å². The van der Waals surface area contributed by atoms with Crippen molar-refractivity contribution in [2.24, 2.45) is 5.92 Å². The summed E-state index contributed by atoms with van der Waals surface area (Å²) in [5.74, 6) is 0.828. The summed E-state index contributed by atoms with van der Waals surface area (Å²) in [7, 11) is 1.75. The van der Waals surface area contributed by atoms with E-state index in [4.69, 9.17) is 4.74 Å². The highest BCUT2D eigenvalue weighted by Crippen LogP contribution is 2.05. The zero-order valence-corrected chi connectivity index (χ0v) is 12.3. The minimum absolute atomic E-state index is 0.815. The molecule has 3 nitrogen and oxygen atoms in total. The van der Waals surface area contributed by atoms with Crippen LogP contribution < -0.4 is 5.32 Å². The molecule has 104 valence electrons. The van der Waals surface area contributed by atoms with Gasteiger partial charge in [-0.15, -0.1) is 0 Å². The molecule has 0 aromatic heterocycles. The highest BCUT2D eigenvalue weighted by atomic mass is 16.5. The summed E-state index contributed by atoms with van der Waals surface area (Å²) in [5, 5.41) is 3.39. The Morgan fingerprint density at radius 3 is 2.53 bits per heavy atom. The second-order valence-corrected chi connectivity index (χ2v) is 4.86. The zero-order chi connectivity index (χ0) is 12.9. The lowest BCUT2D eigenvalue weighted by Crippen LogP contribution is -2.30. The van der Waals surface area contributed by atoms with Gasteiger partial charge in [-0.05, 0) is 38.4 Å². The fraction of sp³-hybridized carbons (Fsp3) is 1.00. The molecule has 0 amide bonds. The average Bonchev–Trinajstić information content (AvgIpc) is 2.35. The van der Waals surface area contributed by atoms with E-state index in [1.807, 2.05) is 0 Å². The van der Waals surface area contributed by atoms with Gasteiger partial charge in [-0.2, -0.15) is 0 Å². The van der Waals surface area contributed by atoms with E-state index in [1.165, 1.54) is 38.9 Å². The van der Waals surface area contributed by atoms with Crippen molar-refractivity contribution in [3.63, 3.8) is 0 Å². The van der Waals surface area contributed by atoms with Crippen LogP contribution >= 0.6 is 0 Å². The molecule has 1 atom stereocenters. The fourth-order valence-electron chi connectivity index (χ4n) is 1.83. The van der Waals surface area contributed by atoms with Crippen LogP contribution in [-0.2, 0) is 4.74 Å². The third kappa shape index (κ3) is 10.7. The van der Waals surface area contributed by atoms with Crippen LogP contribution in [0.1, 0.15) is 40.0 Å². The first-order chi connectivity index (χ1) is 8.24. The maximum Gasteiger partial charge on any atom is 0.0587 e. The molecule has 0 saturated heterocycles. The van der Waals surface area contributed by atoms with Crippen molar-refractivity contribution in [2.75, 3.05) is 46.4 Å². The van der Waals surface area contributed by atoms with Gasteiger partial charge in [-0.1, -0.05) is 27.2 Å². The molecule has 0 radical (unpaired) electrons. The van der Waals surface area contributed by atoms with Crippen LogP contribution in [-0.4, -0.2) is 51.3 Å². The van der Waals surface area contributed by atoms with Gasteiger partial charge < -0.3 is 15.0 Å². The fourth-order valence-corrected chi connectivity index (χ4v) is 1.83. The zero-order valence-electron chi connectivity index (χ0n) is 12.3. The van der Waals surface area contributed by atoms with Crippen molar-refractivity contribution in [1.29, 1.82) is 0 Å². The van der Waals surface area contributed by atoms with Crippen molar-refractivity contribution in [3.05, 3.63) is 0 Å². The lowest BCUT2D eigenvalue weighted by molar-refractivity contribution is 0.198. The van der Waals surface area contributed by atoms with E-state index >= 15 is 0 Å². The maximum absolute atomic E-state index is 4.99. The van der Waals surface area contributed by atoms with Crippen LogP contribution in [0.2, 0.25) is 0 Å². The highest BCUT2D eigenvalue weighted by Gasteiger charge is 2.06. The molecule has 1 unspecified atom stereocenters. The van der Waals surface area contributed by atoms with Gasteiger partial charge in [0.1, 0.15) is 0 Å². The maximum atomic E-state index is 4.99. The molecule has 3 heteroatoms. The molecule has 0 aliphatic heterocycles. The lowest BCUT2D eigenvalue weighted by atomic mass is 10.1. The van der Waals surface area contributed by atoms with Crippen LogP contribution in [0.3, 0.4) is 0 Å². The number of rotatable bonds is 12. The molecular formula is C14H32N2O. The summed E-state index contributed by atoms with van der Waals surface area (Å²) in [5.41, 5.74) is 0. The van der Waals surface area contributed by atoms with Crippen LogP contribution in [0.4, 0.5) is 0 Å². The smallest absolute Gasteiger partial charge is 0.0587 e. The van der Waals surface area contributed by atoms with Crippen LogP contribution in [0, 0.1) is 5.92 Å². The summed E-state index contributed by atoms with van der Waals surface area (Å²) in [6, 6.07) is 0. The third-order valence-electron chi connectivity index (χ3n) is 3.27. The van der Waals surface area contributed by atoms with Gasteiger partial charge in [-0.25, -0.2) is 0 Å². The van der Waals surface area contributed by atoms with E-state index in [0.717, 1.165) is 25.6 Å². The largest absolute Gasteiger partial charge is 0.383 e. The van der Waals surface area contributed by atoms with Gasteiger partial charge in [0, 0.05) is 20.2 Å². The van der Waals surface area contributed by atoms with Crippen molar-refractivity contribution < 1.29 is 4.74 Å². The Hall–Kier alpha value is -0.120. The molecule has 0 aliphatic carbocycles. The van der Waals surface area contributed by atoms with Crippen LogP contribution in [0.25, 0.3) is 0 Å². The minimum atomic E-state index is 0.815. The van der Waals surface area contributed by atoms with Crippen molar-refractivity contribution in [1.82, 2.24) is 10.2 Å². The number of ether oxygens (including phenoxy) is 1. The van der Waals surface area contributed by atoms with Gasteiger partial charge in [-0.3, -0.25) is 0 Å². The molecule has 0 fully saturated rings. The van der Waals surface area contributed by atoms with E-state index in [0.29, 0.717) is 0 Å². The Bertz CT molecular complexity index is 153. The Labute approximate surface area is 108 Å². The van der Waals surface area contributed by atoms with Gasteiger partial charge in [0.15, 0.2) is 0 Å². The summed E-state index contributed by atoms with van der Waals surface area (Å²) < 4.78 is 4.99. The summed E-state index contributed by atoms with van der Waals surface area (Å²) >= 11 is 0. The minimum Gasteiger partial charge on any atom is -0.383 e. The number of nitrogens with one attached hydrogen (secondary N) is 1. The van der Waals surface area contributed by atoms with Gasteiger partial charge in [0.05, 0.1) is 6.61 Å².